The average molecular weight is 459 g/mol. The van der Waals surface area contributed by atoms with E-state index in [9.17, 15) is 9.59 Å². The van der Waals surface area contributed by atoms with E-state index in [-0.39, 0.29) is 29.2 Å². The summed E-state index contributed by atoms with van der Waals surface area (Å²) in [6.07, 6.45) is 7.10. The number of amides is 2. The van der Waals surface area contributed by atoms with Gasteiger partial charge in [-0.1, -0.05) is 29.9 Å². The standard InChI is InChI=1S/C24H27F2N3O4/c1-14-4-5-20-15(8-14)11-21(22-18(25)9-16(10-19(22)26)23(30)27-2)29(20)13-17-12-28(6-7-33-17)24(31)32-3/h4-5,8-11,15,17,20H,6-7,12-13H2,1-3H3,(H,27,30)/t15?,17-,20?/m1/s1. The van der Waals surface area contributed by atoms with Crippen LogP contribution in [0.15, 0.2) is 42.0 Å². The molecule has 7 nitrogen and oxygen atoms in total. The summed E-state index contributed by atoms with van der Waals surface area (Å²) in [6.45, 7) is 3.38. The number of allylic oxidation sites excluding steroid dienone is 2. The van der Waals surface area contributed by atoms with Gasteiger partial charge in [0.15, 0.2) is 0 Å². The monoisotopic (exact) mass is 459 g/mol. The van der Waals surface area contributed by atoms with Gasteiger partial charge >= 0.3 is 6.09 Å². The third-order valence-corrected chi connectivity index (χ3v) is 6.19. The van der Waals surface area contributed by atoms with Crippen molar-refractivity contribution in [3.05, 3.63) is 64.8 Å². The van der Waals surface area contributed by atoms with E-state index in [1.807, 2.05) is 30.1 Å². The zero-order valence-electron chi connectivity index (χ0n) is 18.8. The fourth-order valence-corrected chi connectivity index (χ4v) is 4.62. The molecule has 33 heavy (non-hydrogen) atoms. The van der Waals surface area contributed by atoms with Crippen molar-refractivity contribution >= 4 is 17.7 Å². The van der Waals surface area contributed by atoms with Crippen molar-refractivity contribution in [3.63, 3.8) is 0 Å². The van der Waals surface area contributed by atoms with Gasteiger partial charge in [-0.05, 0) is 19.1 Å². The van der Waals surface area contributed by atoms with Crippen LogP contribution in [0.1, 0.15) is 22.8 Å². The second-order valence-electron chi connectivity index (χ2n) is 8.34. The fraction of sp³-hybridized carbons (Fsp3) is 0.417. The van der Waals surface area contributed by atoms with Crippen molar-refractivity contribution < 1.29 is 27.8 Å². The topological polar surface area (TPSA) is 71.1 Å². The van der Waals surface area contributed by atoms with E-state index < -0.39 is 23.6 Å². The minimum Gasteiger partial charge on any atom is -0.453 e. The Hall–Kier alpha value is -3.20. The molecule has 0 bridgehead atoms. The summed E-state index contributed by atoms with van der Waals surface area (Å²) in [6, 6.07) is 1.95. The molecule has 2 heterocycles. The lowest BCUT2D eigenvalue weighted by Crippen LogP contribution is -2.50. The highest BCUT2D eigenvalue weighted by Crippen LogP contribution is 2.40. The van der Waals surface area contributed by atoms with Crippen molar-refractivity contribution in [3.8, 4) is 0 Å². The number of halogens is 2. The molecule has 0 spiro atoms. The minimum atomic E-state index is -0.811. The first-order chi connectivity index (χ1) is 15.8. The molecule has 1 aliphatic carbocycles. The van der Waals surface area contributed by atoms with Gasteiger partial charge in [-0.2, -0.15) is 0 Å². The lowest BCUT2D eigenvalue weighted by atomic mass is 9.93. The molecular formula is C24H27F2N3O4. The van der Waals surface area contributed by atoms with Gasteiger partial charge in [-0.3, -0.25) is 4.79 Å². The molecule has 3 aliphatic rings. The Morgan fingerprint density at radius 2 is 1.97 bits per heavy atom. The van der Waals surface area contributed by atoms with Crippen molar-refractivity contribution in [1.82, 2.24) is 15.1 Å². The number of nitrogens with zero attached hydrogens (tertiary/aromatic N) is 2. The van der Waals surface area contributed by atoms with Crippen molar-refractivity contribution in [1.29, 1.82) is 0 Å². The van der Waals surface area contributed by atoms with E-state index in [2.05, 4.69) is 11.4 Å². The quantitative estimate of drug-likeness (QED) is 0.750. The fourth-order valence-electron chi connectivity index (χ4n) is 4.62. The van der Waals surface area contributed by atoms with E-state index in [1.165, 1.54) is 14.2 Å². The van der Waals surface area contributed by atoms with Gasteiger partial charge in [0.2, 0.25) is 0 Å². The number of benzene rings is 1. The number of fused-ring (bicyclic) bond motifs is 1. The van der Waals surface area contributed by atoms with Crippen LogP contribution in [0.4, 0.5) is 13.6 Å². The Bertz CT molecular complexity index is 1030. The maximum Gasteiger partial charge on any atom is 0.409 e. The molecule has 2 aliphatic heterocycles. The molecule has 0 radical (unpaired) electrons. The van der Waals surface area contributed by atoms with Gasteiger partial charge < -0.3 is 24.6 Å². The molecule has 2 unspecified atom stereocenters. The second kappa shape index (κ2) is 9.35. The summed E-state index contributed by atoms with van der Waals surface area (Å²) in [5.74, 6) is -2.25. The zero-order valence-corrected chi connectivity index (χ0v) is 18.8. The number of rotatable bonds is 4. The number of carbonyl (C=O) groups is 2. The number of carbonyl (C=O) groups excluding carboxylic acids is 2. The molecule has 0 saturated carbocycles. The van der Waals surface area contributed by atoms with Crippen molar-refractivity contribution in [2.24, 2.45) is 5.92 Å². The van der Waals surface area contributed by atoms with Crippen LogP contribution in [0.5, 0.6) is 0 Å². The molecule has 176 valence electrons. The van der Waals surface area contributed by atoms with E-state index in [0.717, 1.165) is 17.7 Å². The third-order valence-electron chi connectivity index (χ3n) is 6.19. The molecule has 1 aromatic rings. The van der Waals surface area contributed by atoms with E-state index in [0.29, 0.717) is 31.9 Å². The highest BCUT2D eigenvalue weighted by molar-refractivity contribution is 5.94. The van der Waals surface area contributed by atoms with Crippen LogP contribution < -0.4 is 5.32 Å². The number of hydrogen-bond donors (Lipinski definition) is 1. The lowest BCUT2D eigenvalue weighted by Gasteiger charge is -2.38. The van der Waals surface area contributed by atoms with Crippen LogP contribution in [0, 0.1) is 17.6 Å². The van der Waals surface area contributed by atoms with Crippen molar-refractivity contribution in [2.75, 3.05) is 40.4 Å². The van der Waals surface area contributed by atoms with Gasteiger partial charge in [-0.15, -0.1) is 0 Å². The molecule has 1 aromatic carbocycles. The molecule has 0 aromatic heterocycles. The van der Waals surface area contributed by atoms with Gasteiger partial charge in [0.05, 0.1) is 38.0 Å². The van der Waals surface area contributed by atoms with Gasteiger partial charge in [0.25, 0.3) is 5.91 Å². The predicted molar refractivity (Wildman–Crippen MR) is 118 cm³/mol. The lowest BCUT2D eigenvalue weighted by molar-refractivity contribution is -0.0346. The second-order valence-corrected chi connectivity index (χ2v) is 8.34. The Morgan fingerprint density at radius 3 is 2.64 bits per heavy atom. The summed E-state index contributed by atoms with van der Waals surface area (Å²) in [7, 11) is 2.73. The molecule has 1 saturated heterocycles. The molecule has 2 amide bonds. The smallest absolute Gasteiger partial charge is 0.409 e. The Kier molecular flexibility index (Phi) is 6.51. The predicted octanol–water partition coefficient (Wildman–Crippen LogP) is 2.95. The van der Waals surface area contributed by atoms with Crippen LogP contribution in [0.3, 0.4) is 0 Å². The minimum absolute atomic E-state index is 0.0669. The molecule has 1 fully saturated rings. The molecular weight excluding hydrogens is 432 g/mol. The SMILES string of the molecule is CNC(=O)c1cc(F)c(C2=CC3C=C(C)C=CC3N2C[C@H]2CN(C(=O)OC)CCO2)c(F)c1. The maximum atomic E-state index is 15.2. The summed E-state index contributed by atoms with van der Waals surface area (Å²) < 4.78 is 41.0. The molecule has 1 N–H and O–H groups in total. The van der Waals surface area contributed by atoms with E-state index in [1.54, 1.807) is 4.90 Å². The van der Waals surface area contributed by atoms with Crippen LogP contribution in [-0.2, 0) is 9.47 Å². The summed E-state index contributed by atoms with van der Waals surface area (Å²) in [4.78, 5) is 27.3. The normalized spacial score (nSPS) is 24.2. The number of nitrogens with one attached hydrogen (secondary N) is 1. The maximum absolute atomic E-state index is 15.2. The van der Waals surface area contributed by atoms with Crippen LogP contribution in [0.2, 0.25) is 0 Å². The molecule has 9 heteroatoms. The Morgan fingerprint density at radius 1 is 1.24 bits per heavy atom. The molecule has 3 atom stereocenters. The largest absolute Gasteiger partial charge is 0.453 e. The third kappa shape index (κ3) is 4.50. The van der Waals surface area contributed by atoms with Gasteiger partial charge in [-0.25, -0.2) is 13.6 Å². The number of methoxy groups -OCH3 is 1. The Labute approximate surface area is 191 Å². The van der Waals surface area contributed by atoms with Crippen molar-refractivity contribution in [2.45, 2.75) is 19.1 Å². The first-order valence-corrected chi connectivity index (χ1v) is 10.8. The summed E-state index contributed by atoms with van der Waals surface area (Å²) >= 11 is 0. The number of morpholine rings is 1. The number of hydrogen-bond acceptors (Lipinski definition) is 5. The van der Waals surface area contributed by atoms with Crippen LogP contribution in [0.25, 0.3) is 5.70 Å². The first-order valence-electron chi connectivity index (χ1n) is 10.8. The van der Waals surface area contributed by atoms with Gasteiger partial charge in [0.1, 0.15) is 11.6 Å². The van der Waals surface area contributed by atoms with Crippen LogP contribution >= 0.6 is 0 Å². The highest BCUT2D eigenvalue weighted by atomic mass is 19.1. The van der Waals surface area contributed by atoms with Gasteiger partial charge in [0, 0.05) is 37.3 Å². The summed E-state index contributed by atoms with van der Waals surface area (Å²) in [5.41, 5.74) is 1.20. The zero-order chi connectivity index (χ0) is 23.7. The first kappa shape index (κ1) is 23.0. The van der Waals surface area contributed by atoms with E-state index in [4.69, 9.17) is 9.47 Å². The Balaban J connectivity index is 1.67. The highest BCUT2D eigenvalue weighted by Gasteiger charge is 2.38. The van der Waals surface area contributed by atoms with Crippen LogP contribution in [-0.4, -0.2) is 74.3 Å². The summed E-state index contributed by atoms with van der Waals surface area (Å²) in [5, 5.41) is 2.38. The molecule has 4 rings (SSSR count). The van der Waals surface area contributed by atoms with E-state index >= 15 is 8.78 Å². The average Bonchev–Trinajstić information content (AvgIpc) is 3.14. The number of ether oxygens (including phenoxy) is 2.